The first-order valence-electron chi connectivity index (χ1n) is 6.37. The number of hydrogen-bond acceptors (Lipinski definition) is 4. The van der Waals surface area contributed by atoms with Crippen molar-refractivity contribution >= 4 is 40.3 Å². The van der Waals surface area contributed by atoms with Gasteiger partial charge in [0.1, 0.15) is 5.52 Å². The van der Waals surface area contributed by atoms with Crippen molar-refractivity contribution in [3.8, 4) is 0 Å². The first kappa shape index (κ1) is 14.1. The zero-order valence-electron chi connectivity index (χ0n) is 11.3. The Balaban J connectivity index is 1.76. The quantitative estimate of drug-likeness (QED) is 0.689. The number of rotatable bonds is 3. The molecule has 0 unspecified atom stereocenters. The lowest BCUT2D eigenvalue weighted by molar-refractivity contribution is 0.0929. The summed E-state index contributed by atoms with van der Waals surface area (Å²) in [4.78, 5) is 13.3. The van der Waals surface area contributed by atoms with Crippen LogP contribution in [-0.4, -0.2) is 26.7 Å². The highest BCUT2D eigenvalue weighted by molar-refractivity contribution is 8.00. The molecule has 0 fully saturated rings. The van der Waals surface area contributed by atoms with Gasteiger partial charge in [0.05, 0.1) is 11.3 Å². The van der Waals surface area contributed by atoms with Crippen LogP contribution in [0.2, 0.25) is 5.02 Å². The number of carbonyl (C=O) groups excluding carboxylic acids is 1. The first-order valence-corrected chi connectivity index (χ1v) is 7.73. The van der Waals surface area contributed by atoms with Crippen LogP contribution < -0.4 is 0 Å². The normalized spacial score (nSPS) is 11.0. The second kappa shape index (κ2) is 5.87. The Kier molecular flexibility index (Phi) is 3.94. The van der Waals surface area contributed by atoms with Crippen LogP contribution >= 0.6 is 23.4 Å². The van der Waals surface area contributed by atoms with Crippen LogP contribution in [0, 0.1) is 6.92 Å². The summed E-state index contributed by atoms with van der Waals surface area (Å²) in [7, 11) is 0. The zero-order valence-corrected chi connectivity index (χ0v) is 12.9. The second-order valence-corrected chi connectivity index (χ2v) is 6.11. The van der Waals surface area contributed by atoms with Gasteiger partial charge in [-0.25, -0.2) is 0 Å². The number of thioether (sulfide) groups is 1. The lowest BCUT2D eigenvalue weighted by Crippen LogP contribution is -2.14. The fourth-order valence-electron chi connectivity index (χ4n) is 1.96. The highest BCUT2D eigenvalue weighted by Crippen LogP contribution is 2.21. The van der Waals surface area contributed by atoms with E-state index in [4.69, 9.17) is 11.6 Å². The molecule has 0 atom stereocenters. The predicted octanol–water partition coefficient (Wildman–Crippen LogP) is 3.83. The number of aromatic nitrogens is 3. The minimum atomic E-state index is -0.0960. The Morgan fingerprint density at radius 3 is 2.76 bits per heavy atom. The number of fused-ring (bicyclic) bond motifs is 1. The number of benzene rings is 2. The zero-order chi connectivity index (χ0) is 14.8. The molecule has 21 heavy (non-hydrogen) atoms. The third-order valence-corrected chi connectivity index (χ3v) is 4.26. The monoisotopic (exact) mass is 317 g/mol. The number of nitrogens with zero attached hydrogens (tertiary/aromatic N) is 3. The molecular weight excluding hydrogens is 306 g/mol. The van der Waals surface area contributed by atoms with Crippen molar-refractivity contribution in [2.24, 2.45) is 0 Å². The molecule has 6 heteroatoms. The molecule has 0 N–H and O–H groups in total. The van der Waals surface area contributed by atoms with Crippen LogP contribution in [-0.2, 0) is 0 Å². The van der Waals surface area contributed by atoms with Gasteiger partial charge < -0.3 is 0 Å². The summed E-state index contributed by atoms with van der Waals surface area (Å²) < 4.78 is 1.36. The van der Waals surface area contributed by atoms with Gasteiger partial charge in [-0.3, -0.25) is 4.79 Å². The van der Waals surface area contributed by atoms with E-state index < -0.39 is 0 Å². The molecule has 2 aromatic carbocycles. The van der Waals surface area contributed by atoms with Gasteiger partial charge in [0.15, 0.2) is 0 Å². The van der Waals surface area contributed by atoms with Gasteiger partial charge >= 0.3 is 0 Å². The van der Waals surface area contributed by atoms with Crippen LogP contribution in [0.5, 0.6) is 0 Å². The van der Waals surface area contributed by atoms with E-state index in [2.05, 4.69) is 10.3 Å². The lowest BCUT2D eigenvalue weighted by atomic mass is 10.2. The van der Waals surface area contributed by atoms with E-state index in [9.17, 15) is 4.79 Å². The third-order valence-electron chi connectivity index (χ3n) is 3.01. The van der Waals surface area contributed by atoms with Crippen LogP contribution in [0.3, 0.4) is 0 Å². The van der Waals surface area contributed by atoms with Crippen molar-refractivity contribution in [2.75, 3.05) is 5.75 Å². The Labute approximate surface area is 131 Å². The summed E-state index contributed by atoms with van der Waals surface area (Å²) in [5.74, 6) is 0.204. The minimum Gasteiger partial charge on any atom is -0.272 e. The molecule has 0 amide bonds. The molecule has 3 aromatic rings. The maximum absolute atomic E-state index is 12.3. The van der Waals surface area contributed by atoms with Crippen LogP contribution in [0.4, 0.5) is 0 Å². The highest BCUT2D eigenvalue weighted by atomic mass is 35.5. The molecule has 0 saturated carbocycles. The molecule has 0 aliphatic rings. The molecule has 1 aromatic heterocycles. The average Bonchev–Trinajstić information content (AvgIpc) is 2.89. The van der Waals surface area contributed by atoms with Crippen molar-refractivity contribution in [1.82, 2.24) is 15.0 Å². The van der Waals surface area contributed by atoms with E-state index in [0.29, 0.717) is 10.8 Å². The smallest absolute Gasteiger partial charge is 0.259 e. The third kappa shape index (κ3) is 3.09. The average molecular weight is 318 g/mol. The minimum absolute atomic E-state index is 0.0960. The maximum atomic E-state index is 12.3. The van der Waals surface area contributed by atoms with Gasteiger partial charge in [0.2, 0.25) is 0 Å². The maximum Gasteiger partial charge on any atom is 0.259 e. The number of aryl methyl sites for hydroxylation is 1. The van der Waals surface area contributed by atoms with Crippen molar-refractivity contribution in [3.05, 3.63) is 53.1 Å². The Morgan fingerprint density at radius 2 is 2.00 bits per heavy atom. The molecule has 0 bridgehead atoms. The lowest BCUT2D eigenvalue weighted by Gasteiger charge is -2.02. The standard InChI is InChI=1S/C15H12ClN3OS/c1-10-2-7-14-13(8-10)17-18-19(14)15(20)9-21-12-5-3-11(16)4-6-12/h2-8H,9H2,1H3. The number of halogens is 1. The molecule has 3 rings (SSSR count). The van der Waals surface area contributed by atoms with Crippen molar-refractivity contribution in [1.29, 1.82) is 0 Å². The van der Waals surface area contributed by atoms with E-state index in [-0.39, 0.29) is 5.91 Å². The highest BCUT2D eigenvalue weighted by Gasteiger charge is 2.12. The van der Waals surface area contributed by atoms with Gasteiger partial charge in [-0.1, -0.05) is 22.9 Å². The molecule has 0 radical (unpaired) electrons. The number of carbonyl (C=O) groups is 1. The van der Waals surface area contributed by atoms with Gasteiger partial charge in [0.25, 0.3) is 5.91 Å². The first-order chi connectivity index (χ1) is 10.1. The fourth-order valence-corrected chi connectivity index (χ4v) is 2.82. The van der Waals surface area contributed by atoms with E-state index >= 15 is 0 Å². The number of hydrogen-bond donors (Lipinski definition) is 0. The second-order valence-electron chi connectivity index (χ2n) is 4.63. The summed E-state index contributed by atoms with van der Waals surface area (Å²) in [5.41, 5.74) is 2.57. The van der Waals surface area contributed by atoms with Gasteiger partial charge in [-0.05, 0) is 48.9 Å². The van der Waals surface area contributed by atoms with Crippen molar-refractivity contribution in [3.63, 3.8) is 0 Å². The van der Waals surface area contributed by atoms with Crippen molar-refractivity contribution < 1.29 is 4.79 Å². The molecule has 0 aliphatic carbocycles. The topological polar surface area (TPSA) is 47.8 Å². The fraction of sp³-hybridized carbons (Fsp3) is 0.133. The molecule has 1 heterocycles. The van der Waals surface area contributed by atoms with Gasteiger partial charge in [-0.15, -0.1) is 16.9 Å². The van der Waals surface area contributed by atoms with Crippen LogP contribution in [0.15, 0.2) is 47.4 Å². The molecular formula is C15H12ClN3OS. The SMILES string of the molecule is Cc1ccc2c(c1)nnn2C(=O)CSc1ccc(Cl)cc1. The summed E-state index contributed by atoms with van der Waals surface area (Å²) in [6.45, 7) is 1.98. The molecule has 106 valence electrons. The Morgan fingerprint density at radius 1 is 1.24 bits per heavy atom. The van der Waals surface area contributed by atoms with E-state index in [1.54, 1.807) is 0 Å². The van der Waals surface area contributed by atoms with E-state index in [1.807, 2.05) is 49.4 Å². The molecule has 0 spiro atoms. The Hall–Kier alpha value is -1.85. The van der Waals surface area contributed by atoms with Gasteiger partial charge in [0, 0.05) is 9.92 Å². The largest absolute Gasteiger partial charge is 0.272 e. The molecule has 0 saturated heterocycles. The van der Waals surface area contributed by atoms with E-state index in [1.165, 1.54) is 16.4 Å². The van der Waals surface area contributed by atoms with E-state index in [0.717, 1.165) is 21.5 Å². The van der Waals surface area contributed by atoms with Crippen LogP contribution in [0.25, 0.3) is 11.0 Å². The summed E-state index contributed by atoms with van der Waals surface area (Å²) in [6.07, 6.45) is 0. The summed E-state index contributed by atoms with van der Waals surface area (Å²) >= 11 is 7.29. The molecule has 4 nitrogen and oxygen atoms in total. The van der Waals surface area contributed by atoms with Crippen LogP contribution in [0.1, 0.15) is 10.4 Å². The summed E-state index contributed by atoms with van der Waals surface area (Å²) in [6, 6.07) is 13.1. The predicted molar refractivity (Wildman–Crippen MR) is 85.1 cm³/mol. The Bertz CT molecular complexity index is 798. The van der Waals surface area contributed by atoms with Crippen molar-refractivity contribution in [2.45, 2.75) is 11.8 Å². The summed E-state index contributed by atoms with van der Waals surface area (Å²) in [5, 5.41) is 8.66. The molecule has 0 aliphatic heterocycles. The van der Waals surface area contributed by atoms with Gasteiger partial charge in [-0.2, -0.15) is 4.68 Å².